The molecule has 5 heteroatoms. The van der Waals surface area contributed by atoms with E-state index in [0.717, 1.165) is 38.9 Å². The highest BCUT2D eigenvalue weighted by Crippen LogP contribution is 2.21. The Labute approximate surface area is 102 Å². The van der Waals surface area contributed by atoms with Crippen molar-refractivity contribution >= 4 is 0 Å². The Bertz CT molecular complexity index is 205. The summed E-state index contributed by atoms with van der Waals surface area (Å²) in [5, 5.41) is 11.8. The van der Waals surface area contributed by atoms with Crippen molar-refractivity contribution in [3.63, 3.8) is 0 Å². The molecule has 3 nitrogen and oxygen atoms in total. The monoisotopic (exact) mass is 250 g/mol. The van der Waals surface area contributed by atoms with E-state index in [1.54, 1.807) is 0 Å². The van der Waals surface area contributed by atoms with Gasteiger partial charge in [-0.2, -0.15) is 0 Å². The Morgan fingerprint density at radius 3 is 2.76 bits per heavy atom. The summed E-state index contributed by atoms with van der Waals surface area (Å²) in [6.07, 6.45) is 0.468. The quantitative estimate of drug-likeness (QED) is 0.715. The lowest BCUT2D eigenvalue weighted by Gasteiger charge is -2.37. The molecule has 0 saturated carbocycles. The van der Waals surface area contributed by atoms with Crippen LogP contribution in [0.5, 0.6) is 0 Å². The smallest absolute Gasteiger partial charge is 0.250 e. The van der Waals surface area contributed by atoms with Crippen LogP contribution in [-0.2, 0) is 0 Å². The first-order chi connectivity index (χ1) is 8.15. The Morgan fingerprint density at radius 1 is 1.41 bits per heavy atom. The zero-order valence-electron chi connectivity index (χ0n) is 10.5. The molecule has 0 aromatic carbocycles. The number of aliphatic hydroxyl groups excluding tert-OH is 1. The first-order valence-electron chi connectivity index (χ1n) is 6.50. The van der Waals surface area contributed by atoms with Gasteiger partial charge in [-0.3, -0.25) is 0 Å². The van der Waals surface area contributed by atoms with E-state index in [2.05, 4.69) is 17.1 Å². The Hall–Kier alpha value is -0.260. The minimum Gasteiger partial charge on any atom is -0.396 e. The summed E-state index contributed by atoms with van der Waals surface area (Å²) in [5.74, 6) is 0.519. The van der Waals surface area contributed by atoms with Gasteiger partial charge >= 0.3 is 0 Å². The number of alkyl halides is 2. The zero-order chi connectivity index (χ0) is 12.7. The maximum atomic E-state index is 12.2. The number of hydrogen-bond acceptors (Lipinski definition) is 3. The predicted octanol–water partition coefficient (Wildman–Crippen LogP) is 1.32. The van der Waals surface area contributed by atoms with Crippen LogP contribution in [0.25, 0.3) is 0 Å². The van der Waals surface area contributed by atoms with Gasteiger partial charge in [-0.15, -0.1) is 0 Å². The second kappa shape index (κ2) is 7.95. The molecule has 0 aromatic heterocycles. The van der Waals surface area contributed by atoms with E-state index in [0.29, 0.717) is 5.92 Å². The Morgan fingerprint density at radius 2 is 2.18 bits per heavy atom. The number of likely N-dealkylation sites (tertiary alicyclic amines) is 1. The first kappa shape index (κ1) is 14.8. The second-order valence-corrected chi connectivity index (χ2v) is 4.82. The molecular weight excluding hydrogens is 226 g/mol. The number of aliphatic hydroxyl groups is 1. The van der Waals surface area contributed by atoms with Crippen molar-refractivity contribution in [3.05, 3.63) is 0 Å². The van der Waals surface area contributed by atoms with Gasteiger partial charge < -0.3 is 15.3 Å². The molecule has 0 aliphatic carbocycles. The largest absolute Gasteiger partial charge is 0.396 e. The predicted molar refractivity (Wildman–Crippen MR) is 64.3 cm³/mol. The third-order valence-corrected chi connectivity index (χ3v) is 3.39. The fraction of sp³-hybridized carbons (Fsp3) is 1.00. The van der Waals surface area contributed by atoms with E-state index in [-0.39, 0.29) is 19.2 Å². The highest BCUT2D eigenvalue weighted by Gasteiger charge is 2.26. The van der Waals surface area contributed by atoms with Crippen LogP contribution < -0.4 is 5.32 Å². The second-order valence-electron chi connectivity index (χ2n) is 4.82. The summed E-state index contributed by atoms with van der Waals surface area (Å²) < 4.78 is 24.3. The molecule has 17 heavy (non-hydrogen) atoms. The molecule has 2 unspecified atom stereocenters. The lowest BCUT2D eigenvalue weighted by molar-refractivity contribution is 0.107. The molecule has 1 saturated heterocycles. The first-order valence-corrected chi connectivity index (χ1v) is 6.50. The van der Waals surface area contributed by atoms with Gasteiger partial charge in [0.15, 0.2) is 0 Å². The number of rotatable bonds is 7. The molecule has 2 N–H and O–H groups in total. The summed E-state index contributed by atoms with van der Waals surface area (Å²) in [7, 11) is 0. The summed E-state index contributed by atoms with van der Waals surface area (Å²) >= 11 is 0. The minimum atomic E-state index is -2.28. The molecule has 0 aromatic rings. The molecular formula is C12H24F2N2O. The van der Waals surface area contributed by atoms with E-state index in [4.69, 9.17) is 5.11 Å². The number of hydrogen-bond donors (Lipinski definition) is 2. The van der Waals surface area contributed by atoms with Gasteiger partial charge in [0.25, 0.3) is 6.43 Å². The number of halogens is 2. The molecule has 0 amide bonds. The summed E-state index contributed by atoms with van der Waals surface area (Å²) in [6, 6.07) is 0.168. The van der Waals surface area contributed by atoms with Crippen molar-refractivity contribution in [3.8, 4) is 0 Å². The lowest BCUT2D eigenvalue weighted by Crippen LogP contribution is -2.50. The lowest BCUT2D eigenvalue weighted by atomic mass is 9.90. The maximum absolute atomic E-state index is 12.2. The molecule has 102 valence electrons. The molecule has 1 fully saturated rings. The Balaban J connectivity index is 2.36. The number of nitrogens with zero attached hydrogens (tertiary/aromatic N) is 1. The van der Waals surface area contributed by atoms with Gasteiger partial charge in [-0.05, 0) is 31.7 Å². The average molecular weight is 250 g/mol. The van der Waals surface area contributed by atoms with Gasteiger partial charge in [0.2, 0.25) is 0 Å². The molecule has 0 spiro atoms. The maximum Gasteiger partial charge on any atom is 0.250 e. The van der Waals surface area contributed by atoms with Crippen LogP contribution in [0.3, 0.4) is 0 Å². The average Bonchev–Trinajstić information content (AvgIpc) is 2.33. The van der Waals surface area contributed by atoms with E-state index in [1.807, 2.05) is 0 Å². The van der Waals surface area contributed by atoms with Crippen LogP contribution in [0.2, 0.25) is 0 Å². The third kappa shape index (κ3) is 5.75. The highest BCUT2D eigenvalue weighted by molar-refractivity contribution is 4.83. The number of nitrogens with one attached hydrogen (secondary N) is 1. The van der Waals surface area contributed by atoms with Crippen molar-refractivity contribution in [2.24, 2.45) is 5.92 Å². The minimum absolute atomic E-state index is 0.168. The molecule has 2 atom stereocenters. The standard InChI is InChI=1S/C12H24F2N2O/c1-2-16-8-10(4-3-5-17)6-11(9-16)15-7-12(13)14/h10-12,15,17H,2-9H2,1H3. The van der Waals surface area contributed by atoms with Gasteiger partial charge in [0.05, 0.1) is 6.54 Å². The topological polar surface area (TPSA) is 35.5 Å². The highest BCUT2D eigenvalue weighted by atomic mass is 19.3. The summed E-state index contributed by atoms with van der Waals surface area (Å²) in [5.41, 5.74) is 0. The number of likely N-dealkylation sites (N-methyl/N-ethyl adjacent to an activating group) is 1. The Kier molecular flexibility index (Phi) is 6.92. The van der Waals surface area contributed by atoms with Gasteiger partial charge in [-0.25, -0.2) is 8.78 Å². The van der Waals surface area contributed by atoms with Gasteiger partial charge in [0, 0.05) is 25.7 Å². The van der Waals surface area contributed by atoms with Crippen molar-refractivity contribution in [1.82, 2.24) is 10.2 Å². The SMILES string of the molecule is CCN1CC(CCCO)CC(NCC(F)F)C1. The van der Waals surface area contributed by atoms with E-state index < -0.39 is 6.43 Å². The summed E-state index contributed by atoms with van der Waals surface area (Å²) in [6.45, 7) is 4.95. The van der Waals surface area contributed by atoms with Crippen LogP contribution in [-0.4, -0.2) is 55.3 Å². The normalized spacial score (nSPS) is 26.6. The van der Waals surface area contributed by atoms with Crippen molar-refractivity contribution in [2.45, 2.75) is 38.7 Å². The van der Waals surface area contributed by atoms with Crippen LogP contribution in [0.15, 0.2) is 0 Å². The van der Waals surface area contributed by atoms with Crippen LogP contribution in [0.4, 0.5) is 8.78 Å². The van der Waals surface area contributed by atoms with E-state index in [9.17, 15) is 8.78 Å². The fourth-order valence-electron chi connectivity index (χ4n) is 2.55. The van der Waals surface area contributed by atoms with Crippen LogP contribution >= 0.6 is 0 Å². The van der Waals surface area contributed by atoms with E-state index >= 15 is 0 Å². The molecule has 1 heterocycles. The van der Waals surface area contributed by atoms with Gasteiger partial charge in [0.1, 0.15) is 0 Å². The summed E-state index contributed by atoms with van der Waals surface area (Å²) in [4.78, 5) is 2.30. The molecule has 1 aliphatic heterocycles. The molecule has 1 rings (SSSR count). The van der Waals surface area contributed by atoms with Crippen molar-refractivity contribution < 1.29 is 13.9 Å². The van der Waals surface area contributed by atoms with Crippen molar-refractivity contribution in [1.29, 1.82) is 0 Å². The third-order valence-electron chi connectivity index (χ3n) is 3.39. The molecule has 0 bridgehead atoms. The van der Waals surface area contributed by atoms with Gasteiger partial charge in [-0.1, -0.05) is 6.92 Å². The fourth-order valence-corrected chi connectivity index (χ4v) is 2.55. The number of piperidine rings is 1. The van der Waals surface area contributed by atoms with Crippen molar-refractivity contribution in [2.75, 3.05) is 32.8 Å². The van der Waals surface area contributed by atoms with E-state index in [1.165, 1.54) is 0 Å². The zero-order valence-corrected chi connectivity index (χ0v) is 10.5. The van der Waals surface area contributed by atoms with Crippen LogP contribution in [0, 0.1) is 5.92 Å². The molecule has 1 aliphatic rings. The molecule has 0 radical (unpaired) electrons. The van der Waals surface area contributed by atoms with Crippen LogP contribution in [0.1, 0.15) is 26.2 Å².